The second kappa shape index (κ2) is 8.88. The fourth-order valence-corrected chi connectivity index (χ4v) is 3.41. The van der Waals surface area contributed by atoms with Crippen LogP contribution in [0.2, 0.25) is 0 Å². The number of nitrogens with zero attached hydrogens (tertiary/aromatic N) is 1. The number of ether oxygens (including phenoxy) is 1. The highest BCUT2D eigenvalue weighted by Crippen LogP contribution is 2.18. The smallest absolute Gasteiger partial charge is 0.235 e. The second-order valence-electron chi connectivity index (χ2n) is 4.44. The van der Waals surface area contributed by atoms with Crippen LogP contribution in [-0.4, -0.2) is 35.8 Å². The van der Waals surface area contributed by atoms with Crippen LogP contribution in [0.3, 0.4) is 0 Å². The van der Waals surface area contributed by atoms with Crippen molar-refractivity contribution in [1.82, 2.24) is 9.84 Å². The Morgan fingerprint density at radius 2 is 2.14 bits per heavy atom. The lowest BCUT2D eigenvalue weighted by Crippen LogP contribution is -2.44. The van der Waals surface area contributed by atoms with Crippen molar-refractivity contribution in [3.8, 4) is 5.75 Å². The third kappa shape index (κ3) is 6.66. The fraction of sp³-hybridized carbons (Fsp3) is 0.462. The Morgan fingerprint density at radius 1 is 1.45 bits per heavy atom. The molecule has 124 valence electrons. The van der Waals surface area contributed by atoms with Gasteiger partial charge in [0, 0.05) is 6.54 Å². The molecule has 0 saturated heterocycles. The van der Waals surface area contributed by atoms with E-state index in [4.69, 9.17) is 40.2 Å². The first-order chi connectivity index (χ1) is 10.2. The van der Waals surface area contributed by atoms with Gasteiger partial charge >= 0.3 is 0 Å². The van der Waals surface area contributed by atoms with Gasteiger partial charge in [-0.05, 0) is 31.5 Å². The van der Waals surface area contributed by atoms with Crippen LogP contribution in [0.5, 0.6) is 5.75 Å². The minimum Gasteiger partial charge on any atom is -0.491 e. The monoisotopic (exact) mass is 384 g/mol. The topological polar surface area (TPSA) is 58.6 Å². The highest BCUT2D eigenvalue weighted by molar-refractivity contribution is 7.88. The highest BCUT2D eigenvalue weighted by atomic mass is 35.5. The molecule has 1 aromatic carbocycles. The van der Waals surface area contributed by atoms with Crippen molar-refractivity contribution in [2.24, 2.45) is 0 Å². The third-order valence-corrected chi connectivity index (χ3v) is 4.59. The molecule has 5 nitrogen and oxygen atoms in total. The molecule has 0 spiro atoms. The lowest BCUT2D eigenvalue weighted by atomic mass is 10.2. The molecule has 0 bridgehead atoms. The first kappa shape index (κ1) is 19.4. The van der Waals surface area contributed by atoms with Crippen LogP contribution < -0.4 is 10.2 Å². The lowest BCUT2D eigenvalue weighted by molar-refractivity contribution is 0.334. The summed E-state index contributed by atoms with van der Waals surface area (Å²) in [7, 11) is -3.54. The molecular weight excluding hydrogens is 367 g/mol. The van der Waals surface area contributed by atoms with E-state index in [9.17, 15) is 8.42 Å². The molecule has 0 aliphatic rings. The van der Waals surface area contributed by atoms with Gasteiger partial charge in [-0.25, -0.2) is 8.42 Å². The summed E-state index contributed by atoms with van der Waals surface area (Å²) in [5.74, 6) is 0.347. The summed E-state index contributed by atoms with van der Waals surface area (Å²) in [5, 5.41) is 0. The average molecular weight is 385 g/mol. The van der Waals surface area contributed by atoms with Crippen molar-refractivity contribution in [2.75, 3.05) is 13.2 Å². The average Bonchev–Trinajstić information content (AvgIpc) is 2.42. The van der Waals surface area contributed by atoms with Gasteiger partial charge < -0.3 is 4.74 Å². The van der Waals surface area contributed by atoms with E-state index in [-0.39, 0.29) is 18.9 Å². The van der Waals surface area contributed by atoms with Crippen LogP contribution in [0.15, 0.2) is 24.3 Å². The molecule has 1 rings (SSSR count). The van der Waals surface area contributed by atoms with Crippen LogP contribution >= 0.6 is 35.4 Å². The Balaban J connectivity index is 2.84. The van der Waals surface area contributed by atoms with Crippen molar-refractivity contribution in [3.05, 3.63) is 29.8 Å². The van der Waals surface area contributed by atoms with Crippen molar-refractivity contribution in [2.45, 2.75) is 24.4 Å². The number of benzene rings is 1. The molecule has 0 atom stereocenters. The van der Waals surface area contributed by atoms with Crippen molar-refractivity contribution < 1.29 is 13.2 Å². The molecule has 0 amide bonds. The number of nitrogens with one attached hydrogen (secondary N) is 1. The largest absolute Gasteiger partial charge is 0.491 e. The zero-order chi connectivity index (χ0) is 16.8. The first-order valence-electron chi connectivity index (χ1n) is 6.52. The number of sulfonamides is 1. The molecule has 1 aromatic rings. The zero-order valence-corrected chi connectivity index (χ0v) is 15.4. The standard InChI is InChI=1S/C13H18Cl2N2O3S2/c1-3-17(16-10(2)21)22(18,19)9-11-5-4-6-12(7-11)20-8-13(14)15/h4-7,13H,3,8-9H2,1-2H3,(H,16,21). The van der Waals surface area contributed by atoms with Crippen LogP contribution in [0.4, 0.5) is 0 Å². The Hall–Kier alpha value is -0.600. The van der Waals surface area contributed by atoms with E-state index >= 15 is 0 Å². The fourth-order valence-electron chi connectivity index (χ4n) is 1.69. The number of hydrazine groups is 1. The predicted octanol–water partition coefficient (Wildman–Crippen LogP) is 2.87. The molecule has 0 heterocycles. The molecular formula is C13H18Cl2N2O3S2. The molecule has 0 aliphatic carbocycles. The molecule has 0 aromatic heterocycles. The summed E-state index contributed by atoms with van der Waals surface area (Å²) < 4.78 is 31.2. The first-order valence-corrected chi connectivity index (χ1v) is 9.41. The third-order valence-electron chi connectivity index (χ3n) is 2.53. The molecule has 0 aliphatic heterocycles. The lowest BCUT2D eigenvalue weighted by Gasteiger charge is -2.21. The Bertz CT molecular complexity index is 609. The van der Waals surface area contributed by atoms with E-state index < -0.39 is 14.9 Å². The minimum absolute atomic E-state index is 0.131. The van der Waals surface area contributed by atoms with Gasteiger partial charge in [0.15, 0.2) is 0 Å². The van der Waals surface area contributed by atoms with Gasteiger partial charge in [-0.3, -0.25) is 5.43 Å². The molecule has 0 fully saturated rings. The SMILES string of the molecule is CCN(NC(C)=S)S(=O)(=O)Cc1cccc(OCC(Cl)Cl)c1. The molecule has 0 radical (unpaired) electrons. The molecule has 0 saturated carbocycles. The summed E-state index contributed by atoms with van der Waals surface area (Å²) >= 11 is 16.1. The van der Waals surface area contributed by atoms with Crippen LogP contribution in [-0.2, 0) is 15.8 Å². The number of halogens is 2. The van der Waals surface area contributed by atoms with Gasteiger partial charge in [-0.15, -0.1) is 27.6 Å². The van der Waals surface area contributed by atoms with E-state index in [2.05, 4.69) is 5.43 Å². The quantitative estimate of drug-likeness (QED) is 0.424. The van der Waals surface area contributed by atoms with Gasteiger partial charge in [-0.1, -0.05) is 24.4 Å². The zero-order valence-electron chi connectivity index (χ0n) is 12.3. The number of alkyl halides is 2. The Labute approximate surface area is 146 Å². The Morgan fingerprint density at radius 3 is 2.68 bits per heavy atom. The molecule has 9 heteroatoms. The normalized spacial score (nSPS) is 11.7. The van der Waals surface area contributed by atoms with Crippen molar-refractivity contribution >= 4 is 50.4 Å². The second-order valence-corrected chi connectivity index (χ2v) is 8.22. The summed E-state index contributed by atoms with van der Waals surface area (Å²) in [5.41, 5.74) is 3.25. The van der Waals surface area contributed by atoms with Gasteiger partial charge in [0.1, 0.15) is 17.2 Å². The van der Waals surface area contributed by atoms with Crippen LogP contribution in [0, 0.1) is 0 Å². The summed E-state index contributed by atoms with van der Waals surface area (Å²) in [4.78, 5) is -0.254. The van der Waals surface area contributed by atoms with Gasteiger partial charge in [0.05, 0.1) is 10.7 Å². The predicted molar refractivity (Wildman–Crippen MR) is 93.8 cm³/mol. The molecule has 0 unspecified atom stereocenters. The molecule has 1 N–H and O–H groups in total. The van der Waals surface area contributed by atoms with Gasteiger partial charge in [-0.2, -0.15) is 0 Å². The van der Waals surface area contributed by atoms with E-state index in [0.717, 1.165) is 4.41 Å². The number of thiocarbonyl (C=S) groups is 1. The van der Waals surface area contributed by atoms with E-state index in [1.807, 2.05) is 0 Å². The maximum Gasteiger partial charge on any atom is 0.235 e. The number of hydrogen-bond donors (Lipinski definition) is 1. The van der Waals surface area contributed by atoms with Gasteiger partial charge in [0.25, 0.3) is 0 Å². The molecule has 22 heavy (non-hydrogen) atoms. The van der Waals surface area contributed by atoms with E-state index in [1.165, 1.54) is 0 Å². The summed E-state index contributed by atoms with van der Waals surface area (Å²) in [6, 6.07) is 6.78. The summed E-state index contributed by atoms with van der Waals surface area (Å²) in [6.07, 6.45) is 0. The van der Waals surface area contributed by atoms with Crippen molar-refractivity contribution in [1.29, 1.82) is 0 Å². The number of hydrogen-bond acceptors (Lipinski definition) is 4. The van der Waals surface area contributed by atoms with E-state index in [0.29, 0.717) is 16.3 Å². The van der Waals surface area contributed by atoms with Crippen molar-refractivity contribution in [3.63, 3.8) is 0 Å². The Kier molecular flexibility index (Phi) is 7.85. The van der Waals surface area contributed by atoms with E-state index in [1.54, 1.807) is 38.1 Å². The van der Waals surface area contributed by atoms with Crippen LogP contribution in [0.1, 0.15) is 19.4 Å². The maximum absolute atomic E-state index is 12.4. The maximum atomic E-state index is 12.4. The number of rotatable bonds is 8. The minimum atomic E-state index is -3.54. The van der Waals surface area contributed by atoms with Gasteiger partial charge in [0.2, 0.25) is 10.0 Å². The summed E-state index contributed by atoms with van der Waals surface area (Å²) in [6.45, 7) is 3.75. The van der Waals surface area contributed by atoms with Crippen LogP contribution in [0.25, 0.3) is 0 Å². The highest BCUT2D eigenvalue weighted by Gasteiger charge is 2.21.